The van der Waals surface area contributed by atoms with Crippen LogP contribution < -0.4 is 0 Å². The van der Waals surface area contributed by atoms with Gasteiger partial charge in [-0.25, -0.2) is 0 Å². The van der Waals surface area contributed by atoms with Gasteiger partial charge in [0.15, 0.2) is 0 Å². The topological polar surface area (TPSA) is 18.5 Å². The standard InChI is InChI=1S/C4H7ClO2/c5-1-4-2-6-3-7-4/h4H,1-3H2. The highest BCUT2D eigenvalue weighted by atomic mass is 35.5. The van der Waals surface area contributed by atoms with Crippen LogP contribution in [0.3, 0.4) is 0 Å². The van der Waals surface area contributed by atoms with E-state index in [2.05, 4.69) is 0 Å². The first-order valence-corrected chi connectivity index (χ1v) is 2.72. The van der Waals surface area contributed by atoms with Crippen LogP contribution in [0.25, 0.3) is 0 Å². The van der Waals surface area contributed by atoms with Crippen molar-refractivity contribution >= 4 is 11.6 Å². The van der Waals surface area contributed by atoms with Gasteiger partial charge >= 0.3 is 0 Å². The molecule has 42 valence electrons. The van der Waals surface area contributed by atoms with E-state index in [4.69, 9.17) is 21.1 Å². The van der Waals surface area contributed by atoms with Crippen molar-refractivity contribution in [3.8, 4) is 0 Å². The van der Waals surface area contributed by atoms with Crippen LogP contribution in [-0.4, -0.2) is 25.4 Å². The summed E-state index contributed by atoms with van der Waals surface area (Å²) in [6, 6.07) is 0. The second-order valence-corrected chi connectivity index (χ2v) is 1.74. The lowest BCUT2D eigenvalue weighted by Crippen LogP contribution is -2.09. The van der Waals surface area contributed by atoms with Crippen molar-refractivity contribution in [1.29, 1.82) is 0 Å². The molecule has 0 aromatic carbocycles. The van der Waals surface area contributed by atoms with Gasteiger partial charge in [-0.3, -0.25) is 0 Å². The maximum Gasteiger partial charge on any atom is 0.147 e. The Hall–Kier alpha value is 0.210. The van der Waals surface area contributed by atoms with Crippen molar-refractivity contribution in [3.05, 3.63) is 0 Å². The van der Waals surface area contributed by atoms with E-state index >= 15 is 0 Å². The smallest absolute Gasteiger partial charge is 0.147 e. The molecule has 1 fully saturated rings. The van der Waals surface area contributed by atoms with Gasteiger partial charge in [0.2, 0.25) is 0 Å². The van der Waals surface area contributed by atoms with Crippen LogP contribution in [0.1, 0.15) is 0 Å². The summed E-state index contributed by atoms with van der Waals surface area (Å²) in [4.78, 5) is 0. The maximum absolute atomic E-state index is 5.40. The second-order valence-electron chi connectivity index (χ2n) is 1.43. The molecule has 0 bridgehead atoms. The molecule has 1 heterocycles. The van der Waals surface area contributed by atoms with Crippen LogP contribution in [-0.2, 0) is 9.47 Å². The molecule has 0 aromatic heterocycles. The zero-order chi connectivity index (χ0) is 5.11. The Kier molecular flexibility index (Phi) is 1.91. The molecule has 7 heavy (non-hydrogen) atoms. The zero-order valence-electron chi connectivity index (χ0n) is 3.89. The van der Waals surface area contributed by atoms with Crippen LogP contribution in [0, 0.1) is 0 Å². The van der Waals surface area contributed by atoms with E-state index in [0.717, 1.165) is 0 Å². The summed E-state index contributed by atoms with van der Waals surface area (Å²) in [6.07, 6.45) is 0.140. The van der Waals surface area contributed by atoms with Crippen molar-refractivity contribution in [2.24, 2.45) is 0 Å². The molecular formula is C4H7ClO2. The van der Waals surface area contributed by atoms with E-state index in [1.165, 1.54) is 0 Å². The fourth-order valence-electron chi connectivity index (χ4n) is 0.461. The third-order valence-corrected chi connectivity index (χ3v) is 1.21. The number of ether oxygens (including phenoxy) is 2. The van der Waals surface area contributed by atoms with Gasteiger partial charge in [-0.05, 0) is 0 Å². The third kappa shape index (κ3) is 1.30. The predicted molar refractivity (Wildman–Crippen MR) is 26.4 cm³/mol. The van der Waals surface area contributed by atoms with E-state index in [1.54, 1.807) is 0 Å². The number of halogens is 1. The largest absolute Gasteiger partial charge is 0.353 e. The van der Waals surface area contributed by atoms with E-state index < -0.39 is 0 Å². The molecule has 0 spiro atoms. The summed E-state index contributed by atoms with van der Waals surface area (Å²) in [5, 5.41) is 0. The van der Waals surface area contributed by atoms with Gasteiger partial charge in [-0.15, -0.1) is 11.6 Å². The lowest BCUT2D eigenvalue weighted by Gasteiger charge is -1.96. The fraction of sp³-hybridized carbons (Fsp3) is 1.00. The summed E-state index contributed by atoms with van der Waals surface area (Å²) in [6.45, 7) is 1.07. The van der Waals surface area contributed by atoms with Gasteiger partial charge in [0.1, 0.15) is 6.79 Å². The van der Waals surface area contributed by atoms with Gasteiger partial charge in [0.25, 0.3) is 0 Å². The average molecular weight is 123 g/mol. The molecular weight excluding hydrogens is 115 g/mol. The Morgan fingerprint density at radius 3 is 2.86 bits per heavy atom. The molecule has 0 aromatic rings. The lowest BCUT2D eigenvalue weighted by molar-refractivity contribution is 0.0522. The minimum Gasteiger partial charge on any atom is -0.353 e. The molecule has 3 heteroatoms. The van der Waals surface area contributed by atoms with E-state index in [1.807, 2.05) is 0 Å². The van der Waals surface area contributed by atoms with Gasteiger partial charge in [-0.1, -0.05) is 0 Å². The third-order valence-electron chi connectivity index (χ3n) is 0.863. The molecule has 0 saturated carbocycles. The number of hydrogen-bond donors (Lipinski definition) is 0. The molecule has 1 aliphatic heterocycles. The molecule has 2 nitrogen and oxygen atoms in total. The highest BCUT2D eigenvalue weighted by molar-refractivity contribution is 6.18. The summed E-state index contributed by atoms with van der Waals surface area (Å²) < 4.78 is 9.79. The first-order chi connectivity index (χ1) is 3.43. The van der Waals surface area contributed by atoms with Crippen LogP contribution in [0.2, 0.25) is 0 Å². The quantitative estimate of drug-likeness (QED) is 0.474. The van der Waals surface area contributed by atoms with Crippen molar-refractivity contribution < 1.29 is 9.47 Å². The molecule has 1 aliphatic rings. The van der Waals surface area contributed by atoms with E-state index in [9.17, 15) is 0 Å². The Balaban J connectivity index is 2.14. The molecule has 0 amide bonds. The molecule has 1 atom stereocenters. The monoisotopic (exact) mass is 122 g/mol. The van der Waals surface area contributed by atoms with E-state index in [0.29, 0.717) is 19.3 Å². The molecule has 1 saturated heterocycles. The van der Waals surface area contributed by atoms with Gasteiger partial charge < -0.3 is 9.47 Å². The lowest BCUT2D eigenvalue weighted by atomic mass is 10.4. The maximum atomic E-state index is 5.40. The van der Waals surface area contributed by atoms with Crippen LogP contribution in [0.5, 0.6) is 0 Å². The van der Waals surface area contributed by atoms with Gasteiger partial charge in [0, 0.05) is 0 Å². The van der Waals surface area contributed by atoms with Crippen molar-refractivity contribution in [2.75, 3.05) is 19.3 Å². The van der Waals surface area contributed by atoms with Crippen LogP contribution in [0.15, 0.2) is 0 Å². The second kappa shape index (κ2) is 2.50. The van der Waals surface area contributed by atoms with Crippen molar-refractivity contribution in [3.63, 3.8) is 0 Å². The SMILES string of the molecule is ClCC1COCO1. The molecule has 0 N–H and O–H groups in total. The Morgan fingerprint density at radius 1 is 1.71 bits per heavy atom. The molecule has 1 rings (SSSR count). The molecule has 0 aliphatic carbocycles. The van der Waals surface area contributed by atoms with Gasteiger partial charge in [0.05, 0.1) is 18.6 Å². The normalized spacial score (nSPS) is 31.3. The van der Waals surface area contributed by atoms with Gasteiger partial charge in [-0.2, -0.15) is 0 Å². The van der Waals surface area contributed by atoms with Crippen molar-refractivity contribution in [1.82, 2.24) is 0 Å². The minimum absolute atomic E-state index is 0.140. The Bertz CT molecular complexity index is 51.7. The van der Waals surface area contributed by atoms with E-state index in [-0.39, 0.29) is 6.10 Å². The predicted octanol–water partition coefficient (Wildman–Crippen LogP) is 0.598. The minimum atomic E-state index is 0.140. The highest BCUT2D eigenvalue weighted by Gasteiger charge is 2.13. The number of hydrogen-bond acceptors (Lipinski definition) is 2. The van der Waals surface area contributed by atoms with Crippen LogP contribution >= 0.6 is 11.6 Å². The Morgan fingerprint density at radius 2 is 2.57 bits per heavy atom. The molecule has 1 unspecified atom stereocenters. The summed E-state index contributed by atoms with van der Waals surface area (Å²) in [7, 11) is 0. The highest BCUT2D eigenvalue weighted by Crippen LogP contribution is 2.03. The zero-order valence-corrected chi connectivity index (χ0v) is 4.65. The first kappa shape index (κ1) is 5.35. The Labute approximate surface area is 47.4 Å². The summed E-state index contributed by atoms with van der Waals surface area (Å²) in [5.74, 6) is 0.542. The summed E-state index contributed by atoms with van der Waals surface area (Å²) in [5.41, 5.74) is 0. The molecule has 0 radical (unpaired) electrons. The fourth-order valence-corrected chi connectivity index (χ4v) is 0.639. The first-order valence-electron chi connectivity index (χ1n) is 2.19. The number of alkyl halides is 1. The summed E-state index contributed by atoms with van der Waals surface area (Å²) >= 11 is 5.40. The van der Waals surface area contributed by atoms with Crippen molar-refractivity contribution in [2.45, 2.75) is 6.10 Å². The average Bonchev–Trinajstić information content (AvgIpc) is 2.14. The van der Waals surface area contributed by atoms with Crippen LogP contribution in [0.4, 0.5) is 0 Å². The number of rotatable bonds is 1.